The molecular weight excluding hydrogens is 492 g/mol. The molecule has 2 saturated heterocycles. The number of halogens is 1. The first-order valence-corrected chi connectivity index (χ1v) is 15.5. The van der Waals surface area contributed by atoms with E-state index in [4.69, 9.17) is 28.8 Å². The summed E-state index contributed by atoms with van der Waals surface area (Å²) in [6.45, 7) is 10.2. The van der Waals surface area contributed by atoms with E-state index in [1.807, 2.05) is 36.0 Å². The van der Waals surface area contributed by atoms with Gasteiger partial charge < -0.3 is 10.2 Å². The van der Waals surface area contributed by atoms with Crippen molar-refractivity contribution in [2.45, 2.75) is 109 Å². The summed E-state index contributed by atoms with van der Waals surface area (Å²) in [5, 5.41) is 6.29. The highest BCUT2D eigenvalue weighted by atomic mass is 35.5. The lowest BCUT2D eigenvalue weighted by molar-refractivity contribution is 0.143. The van der Waals surface area contributed by atoms with Crippen LogP contribution in [0.3, 0.4) is 0 Å². The second-order valence-electron chi connectivity index (χ2n) is 10.1. The predicted octanol–water partition coefficient (Wildman–Crippen LogP) is 8.21. The molecule has 0 bridgehead atoms. The van der Waals surface area contributed by atoms with E-state index in [0.29, 0.717) is 21.4 Å². The van der Waals surface area contributed by atoms with E-state index in [0.717, 1.165) is 29.9 Å². The average molecular weight is 537 g/mol. The molecule has 2 heterocycles. The van der Waals surface area contributed by atoms with Gasteiger partial charge in [-0.1, -0.05) is 81.8 Å². The lowest BCUT2D eigenvalue weighted by atomic mass is 9.98. The summed E-state index contributed by atoms with van der Waals surface area (Å²) in [6, 6.07) is 8.76. The number of piperidine rings is 1. The smallest absolute Gasteiger partial charge is 0.179 e. The molecule has 0 saturated carbocycles. The zero-order valence-corrected chi connectivity index (χ0v) is 24.4. The second kappa shape index (κ2) is 15.4. The summed E-state index contributed by atoms with van der Waals surface area (Å²) in [6.07, 6.45) is 14.7. The molecule has 1 N–H and O–H groups in total. The Morgan fingerprint density at radius 2 is 1.86 bits per heavy atom. The fourth-order valence-corrected chi connectivity index (χ4v) is 6.93. The van der Waals surface area contributed by atoms with Gasteiger partial charge in [0.15, 0.2) is 10.3 Å². The van der Waals surface area contributed by atoms with Gasteiger partial charge in [0, 0.05) is 34.6 Å². The van der Waals surface area contributed by atoms with E-state index in [-0.39, 0.29) is 0 Å². The Bertz CT molecular complexity index is 812. The van der Waals surface area contributed by atoms with E-state index >= 15 is 0 Å². The van der Waals surface area contributed by atoms with Gasteiger partial charge in [0.25, 0.3) is 0 Å². The van der Waals surface area contributed by atoms with E-state index < -0.39 is 0 Å². The summed E-state index contributed by atoms with van der Waals surface area (Å²) >= 11 is 13.8. The summed E-state index contributed by atoms with van der Waals surface area (Å²) in [7, 11) is 0. The van der Waals surface area contributed by atoms with Crippen LogP contribution in [0.25, 0.3) is 0 Å². The maximum atomic E-state index is 6.16. The van der Waals surface area contributed by atoms with Crippen LogP contribution in [0, 0.1) is 0 Å². The first kappa shape index (κ1) is 28.7. The van der Waals surface area contributed by atoms with Gasteiger partial charge in [0.2, 0.25) is 0 Å². The van der Waals surface area contributed by atoms with E-state index in [2.05, 4.69) is 35.9 Å². The number of benzene rings is 1. The maximum Gasteiger partial charge on any atom is 0.179 e. The molecule has 2 fully saturated rings. The Morgan fingerprint density at radius 1 is 1.11 bits per heavy atom. The van der Waals surface area contributed by atoms with Crippen molar-refractivity contribution in [3.05, 3.63) is 29.3 Å². The van der Waals surface area contributed by atoms with Gasteiger partial charge >= 0.3 is 0 Å². The van der Waals surface area contributed by atoms with Crippen LogP contribution >= 0.6 is 35.6 Å². The molecule has 0 radical (unpaired) electrons. The van der Waals surface area contributed by atoms with Crippen molar-refractivity contribution < 1.29 is 0 Å². The number of likely N-dealkylation sites (tertiary alicyclic amines) is 1. The topological polar surface area (TPSA) is 30.9 Å². The monoisotopic (exact) mass is 536 g/mol. The molecule has 35 heavy (non-hydrogen) atoms. The van der Waals surface area contributed by atoms with Crippen molar-refractivity contribution in [1.29, 1.82) is 0 Å². The van der Waals surface area contributed by atoms with Gasteiger partial charge in [-0.15, -0.1) is 0 Å². The fraction of sp³-hybridized carbons (Fsp3) is 0.714. The highest BCUT2D eigenvalue weighted by Crippen LogP contribution is 2.32. The Balaban J connectivity index is 1.54. The van der Waals surface area contributed by atoms with Crippen LogP contribution < -0.4 is 5.32 Å². The quantitative estimate of drug-likeness (QED) is 0.215. The number of nitrogens with zero attached hydrogens (tertiary/aromatic N) is 3. The maximum absolute atomic E-state index is 6.16. The molecule has 2 aliphatic rings. The molecule has 2 aliphatic heterocycles. The lowest BCUT2D eigenvalue weighted by Crippen LogP contribution is -2.42. The molecule has 0 aromatic heterocycles. The normalized spacial score (nSPS) is 23.1. The summed E-state index contributed by atoms with van der Waals surface area (Å²) in [4.78, 5) is 10.0. The summed E-state index contributed by atoms with van der Waals surface area (Å²) in [5.41, 5.74) is 0.918. The zero-order chi connectivity index (χ0) is 25.0. The number of nitrogens with one attached hydrogen (secondary N) is 1. The van der Waals surface area contributed by atoms with Crippen LogP contribution in [0.5, 0.6) is 0 Å². The number of amidine groups is 1. The third-order valence-electron chi connectivity index (χ3n) is 7.37. The Hall–Kier alpha value is -0.820. The van der Waals surface area contributed by atoms with E-state index in [1.165, 1.54) is 77.3 Å². The SMILES string of the molecule is CCCCCCCC(CCCN=C1SC(C)C(C)N1C(=S)Nc1cccc(Cl)c1)N1CCCCC1. The third kappa shape index (κ3) is 9.21. The highest BCUT2D eigenvalue weighted by molar-refractivity contribution is 8.14. The highest BCUT2D eigenvalue weighted by Gasteiger charge is 2.35. The first-order valence-electron chi connectivity index (χ1n) is 13.8. The molecule has 4 nitrogen and oxygen atoms in total. The van der Waals surface area contributed by atoms with Gasteiger partial charge in [0.1, 0.15) is 0 Å². The zero-order valence-electron chi connectivity index (χ0n) is 22.0. The lowest BCUT2D eigenvalue weighted by Gasteiger charge is -2.35. The molecule has 3 unspecified atom stereocenters. The van der Waals surface area contributed by atoms with Gasteiger partial charge in [0.05, 0.1) is 0 Å². The van der Waals surface area contributed by atoms with Crippen molar-refractivity contribution in [1.82, 2.24) is 9.80 Å². The summed E-state index contributed by atoms with van der Waals surface area (Å²) < 4.78 is 0. The number of rotatable bonds is 12. The predicted molar refractivity (Wildman–Crippen MR) is 160 cm³/mol. The second-order valence-corrected chi connectivity index (χ2v) is 12.3. The molecule has 0 aliphatic carbocycles. The molecule has 0 amide bonds. The minimum Gasteiger partial charge on any atom is -0.332 e. The molecule has 196 valence electrons. The van der Waals surface area contributed by atoms with Crippen molar-refractivity contribution in [3.8, 4) is 0 Å². The van der Waals surface area contributed by atoms with Crippen molar-refractivity contribution >= 4 is 51.5 Å². The molecule has 1 aromatic carbocycles. The van der Waals surface area contributed by atoms with Crippen LogP contribution in [0.15, 0.2) is 29.3 Å². The largest absolute Gasteiger partial charge is 0.332 e. The number of thioether (sulfide) groups is 1. The molecule has 7 heteroatoms. The van der Waals surface area contributed by atoms with Crippen molar-refractivity contribution in [3.63, 3.8) is 0 Å². The van der Waals surface area contributed by atoms with Crippen LogP contribution in [0.2, 0.25) is 5.02 Å². The Labute approximate surface area is 228 Å². The first-order chi connectivity index (χ1) is 17.0. The van der Waals surface area contributed by atoms with Crippen LogP contribution in [0.4, 0.5) is 5.69 Å². The molecule has 0 spiro atoms. The van der Waals surface area contributed by atoms with Gasteiger partial charge in [-0.25, -0.2) is 0 Å². The Morgan fingerprint density at radius 3 is 2.60 bits per heavy atom. The number of hydrogen-bond donors (Lipinski definition) is 1. The molecular formula is C28H45ClN4S2. The molecule has 3 rings (SSSR count). The third-order valence-corrected chi connectivity index (χ3v) is 9.21. The fourth-order valence-electron chi connectivity index (χ4n) is 5.12. The van der Waals surface area contributed by atoms with Crippen molar-refractivity contribution in [2.24, 2.45) is 4.99 Å². The van der Waals surface area contributed by atoms with Gasteiger partial charge in [-0.05, 0) is 82.5 Å². The molecule has 3 atom stereocenters. The van der Waals surface area contributed by atoms with Crippen LogP contribution in [-0.4, -0.2) is 57.0 Å². The minimum atomic E-state index is 0.308. The minimum absolute atomic E-state index is 0.308. The van der Waals surface area contributed by atoms with Crippen LogP contribution in [0.1, 0.15) is 91.4 Å². The summed E-state index contributed by atoms with van der Waals surface area (Å²) in [5.74, 6) is 0. The van der Waals surface area contributed by atoms with E-state index in [9.17, 15) is 0 Å². The van der Waals surface area contributed by atoms with E-state index in [1.54, 1.807) is 0 Å². The average Bonchev–Trinajstić information content (AvgIpc) is 3.14. The number of anilines is 1. The number of thiocarbonyl (C=S) groups is 1. The number of hydrogen-bond acceptors (Lipinski definition) is 4. The molecule has 1 aromatic rings. The number of unbranched alkanes of at least 4 members (excludes halogenated alkanes) is 4. The standard InChI is InChI=1S/C28H45ClN4S2/c1-4-5-6-7-9-16-26(32-19-10-8-11-20-32)17-13-18-30-28-33(22(2)23(3)35-28)27(34)31-25-15-12-14-24(29)21-25/h12,14-15,21-23,26H,4-11,13,16-20H2,1-3H3,(H,31,34). The van der Waals surface area contributed by atoms with Gasteiger partial charge in [-0.3, -0.25) is 9.89 Å². The van der Waals surface area contributed by atoms with Crippen molar-refractivity contribution in [2.75, 3.05) is 25.0 Å². The number of aliphatic imine (C=N–C) groups is 1. The van der Waals surface area contributed by atoms with Crippen LogP contribution in [-0.2, 0) is 0 Å². The van der Waals surface area contributed by atoms with Gasteiger partial charge in [-0.2, -0.15) is 0 Å². The Kier molecular flexibility index (Phi) is 12.7.